The van der Waals surface area contributed by atoms with Crippen LogP contribution in [-0.4, -0.2) is 28.3 Å². The van der Waals surface area contributed by atoms with Gasteiger partial charge in [-0.2, -0.15) is 5.10 Å². The van der Waals surface area contributed by atoms with Crippen LogP contribution in [0.25, 0.3) is 22.0 Å². The highest BCUT2D eigenvalue weighted by molar-refractivity contribution is 6.09. The summed E-state index contributed by atoms with van der Waals surface area (Å²) in [4.78, 5) is 25.6. The normalized spacial score (nSPS) is 13.1. The van der Waals surface area contributed by atoms with E-state index < -0.39 is 0 Å². The van der Waals surface area contributed by atoms with Gasteiger partial charge in [-0.3, -0.25) is 14.3 Å². The average Bonchev–Trinajstić information content (AvgIpc) is 3.62. The summed E-state index contributed by atoms with van der Waals surface area (Å²) in [6.07, 6.45) is 4.40. The van der Waals surface area contributed by atoms with Crippen LogP contribution >= 0.6 is 0 Å². The molecule has 0 unspecified atom stereocenters. The Kier molecular flexibility index (Phi) is 6.82. The maximum Gasteiger partial charge on any atom is 0.310 e. The number of para-hydroxylation sites is 1. The van der Waals surface area contributed by atoms with Crippen LogP contribution in [0.4, 0.5) is 5.69 Å². The van der Waals surface area contributed by atoms with E-state index in [1.54, 1.807) is 13.0 Å². The minimum absolute atomic E-state index is 0.0919. The van der Waals surface area contributed by atoms with Crippen LogP contribution in [-0.2, 0) is 29.0 Å². The van der Waals surface area contributed by atoms with Gasteiger partial charge in [-0.25, -0.2) is 0 Å². The highest BCUT2D eigenvalue weighted by Gasteiger charge is 2.24. The van der Waals surface area contributed by atoms with Crippen LogP contribution in [0.5, 0.6) is 0 Å². The fourth-order valence-electron chi connectivity index (χ4n) is 4.46. The minimum atomic E-state index is -0.327. The van der Waals surface area contributed by atoms with Gasteiger partial charge in [0.15, 0.2) is 0 Å². The molecular formula is C29H30N4O3. The number of nitrogens with two attached hydrogens (primary N) is 1. The number of anilines is 1. The minimum Gasteiger partial charge on any atom is -0.466 e. The maximum atomic E-state index is 13.5. The third kappa shape index (κ3) is 5.16. The first-order valence-electron chi connectivity index (χ1n) is 12.4. The molecule has 1 aliphatic rings. The Morgan fingerprint density at radius 2 is 1.94 bits per heavy atom. The fraction of sp³-hybridized carbons (Fsp3) is 0.276. The van der Waals surface area contributed by atoms with E-state index >= 15 is 0 Å². The van der Waals surface area contributed by atoms with Gasteiger partial charge in [0.05, 0.1) is 24.7 Å². The van der Waals surface area contributed by atoms with Crippen LogP contribution in [0.15, 0.2) is 66.9 Å². The molecule has 4 aromatic rings. The predicted octanol–water partition coefficient (Wildman–Crippen LogP) is 4.93. The first kappa shape index (κ1) is 23.8. The predicted molar refractivity (Wildman–Crippen MR) is 141 cm³/mol. The van der Waals surface area contributed by atoms with Crippen LogP contribution in [0.2, 0.25) is 0 Å². The summed E-state index contributed by atoms with van der Waals surface area (Å²) < 4.78 is 7.10. The van der Waals surface area contributed by atoms with E-state index in [-0.39, 0.29) is 18.3 Å². The lowest BCUT2D eigenvalue weighted by atomic mass is 9.97. The van der Waals surface area contributed by atoms with E-state index in [0.29, 0.717) is 35.9 Å². The first-order chi connectivity index (χ1) is 17.6. The zero-order chi connectivity index (χ0) is 25.1. The Labute approximate surface area is 210 Å². The van der Waals surface area contributed by atoms with Crippen molar-refractivity contribution in [2.45, 2.75) is 39.3 Å². The van der Waals surface area contributed by atoms with Crippen molar-refractivity contribution in [3.8, 4) is 11.1 Å². The highest BCUT2D eigenvalue weighted by atomic mass is 16.5. The van der Waals surface area contributed by atoms with Crippen molar-refractivity contribution >= 4 is 28.5 Å². The highest BCUT2D eigenvalue weighted by Crippen LogP contribution is 2.35. The molecule has 0 spiro atoms. The molecule has 1 saturated carbocycles. The SMILES string of the molecule is CCOC(=O)Cc1ccccc1NC(=O)c1cc(-c2cccc(CN)c2)c2cnn(CC3CC3)c2c1. The van der Waals surface area contributed by atoms with Crippen molar-refractivity contribution in [1.29, 1.82) is 0 Å². The number of rotatable bonds is 9. The third-order valence-corrected chi connectivity index (χ3v) is 6.53. The number of carbonyl (C=O) groups is 2. The number of fused-ring (bicyclic) bond motifs is 1. The number of ether oxygens (including phenoxy) is 1. The lowest BCUT2D eigenvalue weighted by Gasteiger charge is -2.13. The summed E-state index contributed by atoms with van der Waals surface area (Å²) in [5.74, 6) is 0.0691. The van der Waals surface area contributed by atoms with E-state index in [1.807, 2.05) is 59.4 Å². The lowest BCUT2D eigenvalue weighted by molar-refractivity contribution is -0.142. The van der Waals surface area contributed by atoms with Crippen molar-refractivity contribution < 1.29 is 14.3 Å². The molecule has 0 atom stereocenters. The summed E-state index contributed by atoms with van der Waals surface area (Å²) >= 11 is 0. The van der Waals surface area contributed by atoms with Crippen LogP contribution in [0, 0.1) is 5.92 Å². The second kappa shape index (κ2) is 10.3. The number of carbonyl (C=O) groups excluding carboxylic acids is 2. The number of hydrogen-bond donors (Lipinski definition) is 2. The smallest absolute Gasteiger partial charge is 0.310 e. The van der Waals surface area contributed by atoms with Crippen molar-refractivity contribution in [3.63, 3.8) is 0 Å². The Morgan fingerprint density at radius 1 is 1.11 bits per heavy atom. The lowest BCUT2D eigenvalue weighted by Crippen LogP contribution is -2.15. The second-order valence-electron chi connectivity index (χ2n) is 9.22. The van der Waals surface area contributed by atoms with Gasteiger partial charge in [-0.1, -0.05) is 36.4 Å². The van der Waals surface area contributed by atoms with E-state index in [0.717, 1.165) is 34.1 Å². The summed E-state index contributed by atoms with van der Waals surface area (Å²) in [5.41, 5.74) is 11.6. The zero-order valence-corrected chi connectivity index (χ0v) is 20.4. The van der Waals surface area contributed by atoms with Crippen LogP contribution in [0.1, 0.15) is 41.3 Å². The average molecular weight is 483 g/mol. The van der Waals surface area contributed by atoms with E-state index in [4.69, 9.17) is 10.5 Å². The topological polar surface area (TPSA) is 99.2 Å². The number of benzene rings is 3. The van der Waals surface area contributed by atoms with Crippen molar-refractivity contribution in [3.05, 3.63) is 83.6 Å². The van der Waals surface area contributed by atoms with E-state index in [2.05, 4.69) is 16.5 Å². The maximum absolute atomic E-state index is 13.5. The number of hydrogen-bond acceptors (Lipinski definition) is 5. The van der Waals surface area contributed by atoms with Gasteiger partial charge < -0.3 is 15.8 Å². The zero-order valence-electron chi connectivity index (χ0n) is 20.4. The Bertz CT molecular complexity index is 1420. The first-order valence-corrected chi connectivity index (χ1v) is 12.4. The van der Waals surface area contributed by atoms with E-state index in [9.17, 15) is 9.59 Å². The van der Waals surface area contributed by atoms with Crippen LogP contribution < -0.4 is 11.1 Å². The number of nitrogens with one attached hydrogen (secondary N) is 1. The monoisotopic (exact) mass is 482 g/mol. The van der Waals surface area contributed by atoms with Crippen LogP contribution in [0.3, 0.4) is 0 Å². The number of aromatic nitrogens is 2. The molecule has 7 heteroatoms. The fourth-order valence-corrected chi connectivity index (χ4v) is 4.46. The molecule has 3 aromatic carbocycles. The molecule has 0 bridgehead atoms. The van der Waals surface area contributed by atoms with Gasteiger partial charge in [0.25, 0.3) is 5.91 Å². The quantitative estimate of drug-likeness (QED) is 0.330. The van der Waals surface area contributed by atoms with E-state index in [1.165, 1.54) is 12.8 Å². The molecule has 3 N–H and O–H groups in total. The molecule has 0 radical (unpaired) electrons. The van der Waals surface area contributed by atoms with Gasteiger partial charge >= 0.3 is 5.97 Å². The van der Waals surface area contributed by atoms with Crippen molar-refractivity contribution in [2.75, 3.05) is 11.9 Å². The summed E-state index contributed by atoms with van der Waals surface area (Å²) in [5, 5.41) is 8.67. The molecule has 1 amide bonds. The molecule has 1 fully saturated rings. The summed E-state index contributed by atoms with van der Waals surface area (Å²) in [6.45, 7) is 3.38. The molecule has 1 aliphatic carbocycles. The van der Waals surface area contributed by atoms with Gasteiger partial charge in [-0.05, 0) is 72.2 Å². The van der Waals surface area contributed by atoms with Crippen molar-refractivity contribution in [1.82, 2.24) is 9.78 Å². The molecule has 7 nitrogen and oxygen atoms in total. The Morgan fingerprint density at radius 3 is 2.72 bits per heavy atom. The van der Waals surface area contributed by atoms with Gasteiger partial charge in [-0.15, -0.1) is 0 Å². The molecule has 1 heterocycles. The molecule has 0 saturated heterocycles. The number of amides is 1. The van der Waals surface area contributed by atoms with Crippen molar-refractivity contribution in [2.24, 2.45) is 11.7 Å². The van der Waals surface area contributed by atoms with Gasteiger partial charge in [0.2, 0.25) is 0 Å². The molecule has 0 aliphatic heterocycles. The molecule has 36 heavy (non-hydrogen) atoms. The second-order valence-corrected chi connectivity index (χ2v) is 9.22. The van der Waals surface area contributed by atoms with Gasteiger partial charge in [0.1, 0.15) is 0 Å². The largest absolute Gasteiger partial charge is 0.466 e. The summed E-state index contributed by atoms with van der Waals surface area (Å²) in [7, 11) is 0. The molecular weight excluding hydrogens is 452 g/mol. The molecule has 5 rings (SSSR count). The Balaban J connectivity index is 1.53. The number of nitrogens with zero attached hydrogens (tertiary/aromatic N) is 2. The standard InChI is InChI=1S/C29H30N4O3/c1-2-36-28(34)15-22-7-3-4-9-26(22)32-29(35)23-13-24(21-8-5-6-20(12-21)16-30)25-17-31-33(27(25)14-23)18-19-10-11-19/h3-9,12-14,17,19H,2,10-11,15-16,18,30H2,1H3,(H,32,35). The molecule has 184 valence electrons. The third-order valence-electron chi connectivity index (χ3n) is 6.53. The van der Waals surface area contributed by atoms with Gasteiger partial charge in [0, 0.05) is 29.7 Å². The molecule has 1 aromatic heterocycles. The number of esters is 1. The summed E-state index contributed by atoms with van der Waals surface area (Å²) in [6, 6.07) is 19.2. The Hall–Kier alpha value is -3.97.